The maximum atomic E-state index is 12.3. The number of β-amino-alcohol motifs (C(OH)–C–C–N with tert-alkyl or cyclic N) is 1. The fraction of sp³-hybridized carbons (Fsp3) is 0.632. The Morgan fingerprint density at radius 1 is 1.15 bits per heavy atom. The van der Waals surface area contributed by atoms with E-state index in [1.807, 2.05) is 24.3 Å². The minimum Gasteiger partial charge on any atom is -0.391 e. The number of carbonyl (C=O) groups is 1. The van der Waals surface area contributed by atoms with Gasteiger partial charge in [0.25, 0.3) is 5.91 Å². The third-order valence-corrected chi connectivity index (χ3v) is 5.37. The van der Waals surface area contributed by atoms with E-state index in [0.29, 0.717) is 24.7 Å². The first-order chi connectivity index (χ1) is 12.0. The van der Waals surface area contributed by atoms with E-state index in [1.165, 1.54) is 5.69 Å². The summed E-state index contributed by atoms with van der Waals surface area (Å²) in [5.74, 6) is 0.0238. The molecule has 2 unspecified atom stereocenters. The van der Waals surface area contributed by atoms with E-state index in [1.54, 1.807) is 0 Å². The van der Waals surface area contributed by atoms with E-state index in [-0.39, 0.29) is 42.7 Å². The highest BCUT2D eigenvalue weighted by Gasteiger charge is 2.25. The largest absolute Gasteiger partial charge is 0.391 e. The Balaban J connectivity index is 0.00000182. The number of anilines is 1. The maximum Gasteiger partial charge on any atom is 0.251 e. The number of hydrogen-bond donors (Lipinski definition) is 3. The number of halogens is 2. The van der Waals surface area contributed by atoms with E-state index >= 15 is 0 Å². The van der Waals surface area contributed by atoms with Crippen molar-refractivity contribution in [2.75, 3.05) is 50.7 Å². The molecule has 2 saturated heterocycles. The van der Waals surface area contributed by atoms with Gasteiger partial charge in [0.2, 0.25) is 0 Å². The van der Waals surface area contributed by atoms with Crippen molar-refractivity contribution in [2.45, 2.75) is 26.0 Å². The molecule has 0 spiro atoms. The van der Waals surface area contributed by atoms with E-state index in [2.05, 4.69) is 34.3 Å². The fourth-order valence-electron chi connectivity index (χ4n) is 3.57. The van der Waals surface area contributed by atoms with Gasteiger partial charge in [-0.3, -0.25) is 9.69 Å². The zero-order chi connectivity index (χ0) is 17.8. The number of carbonyl (C=O) groups excluding carboxylic acids is 1. The van der Waals surface area contributed by atoms with Crippen molar-refractivity contribution in [3.63, 3.8) is 0 Å². The van der Waals surface area contributed by atoms with Gasteiger partial charge in [0.1, 0.15) is 0 Å². The topological polar surface area (TPSA) is 67.8 Å². The number of nitrogens with zero attached hydrogens (tertiary/aromatic N) is 2. The second kappa shape index (κ2) is 11.1. The molecule has 0 saturated carbocycles. The first-order valence-electron chi connectivity index (χ1n) is 9.30. The Morgan fingerprint density at radius 2 is 1.78 bits per heavy atom. The third-order valence-electron chi connectivity index (χ3n) is 5.37. The summed E-state index contributed by atoms with van der Waals surface area (Å²) in [7, 11) is 0. The number of aliphatic hydroxyl groups excluding tert-OH is 1. The minimum absolute atomic E-state index is 0. The van der Waals surface area contributed by atoms with Gasteiger partial charge in [-0.2, -0.15) is 0 Å². The van der Waals surface area contributed by atoms with Crippen LogP contribution in [0, 0.1) is 5.92 Å². The normalized spacial score (nSPS) is 22.9. The van der Waals surface area contributed by atoms with E-state index < -0.39 is 0 Å². The predicted molar refractivity (Wildman–Crippen MR) is 115 cm³/mol. The van der Waals surface area contributed by atoms with Crippen LogP contribution in [0.15, 0.2) is 24.3 Å². The van der Waals surface area contributed by atoms with Gasteiger partial charge >= 0.3 is 0 Å². The summed E-state index contributed by atoms with van der Waals surface area (Å²) in [4.78, 5) is 17.1. The molecule has 3 N–H and O–H groups in total. The average Bonchev–Trinajstić information content (AvgIpc) is 3.05. The van der Waals surface area contributed by atoms with Crippen molar-refractivity contribution in [3.8, 4) is 0 Å². The lowest BCUT2D eigenvalue weighted by molar-refractivity contribution is 0.0927. The number of piperazine rings is 1. The molecule has 1 aromatic rings. The highest BCUT2D eigenvalue weighted by Crippen LogP contribution is 2.18. The number of amides is 1. The van der Waals surface area contributed by atoms with Gasteiger partial charge in [-0.25, -0.2) is 0 Å². The average molecular weight is 419 g/mol. The number of benzene rings is 1. The summed E-state index contributed by atoms with van der Waals surface area (Å²) in [6.07, 6.45) is -0.368. The van der Waals surface area contributed by atoms with Crippen LogP contribution in [0.1, 0.15) is 24.2 Å². The van der Waals surface area contributed by atoms with Crippen molar-refractivity contribution in [3.05, 3.63) is 29.8 Å². The van der Waals surface area contributed by atoms with Crippen LogP contribution in [0.2, 0.25) is 0 Å². The van der Waals surface area contributed by atoms with Crippen LogP contribution in [-0.2, 0) is 0 Å². The van der Waals surface area contributed by atoms with Crippen LogP contribution < -0.4 is 15.5 Å². The Labute approximate surface area is 174 Å². The first kappa shape index (κ1) is 24.0. The molecule has 2 aliphatic rings. The number of rotatable bonds is 5. The lowest BCUT2D eigenvalue weighted by Crippen LogP contribution is -2.48. The van der Waals surface area contributed by atoms with Crippen LogP contribution in [0.4, 0.5) is 5.69 Å². The van der Waals surface area contributed by atoms with Crippen LogP contribution in [0.3, 0.4) is 0 Å². The molecule has 3 rings (SSSR count). The molecule has 0 bridgehead atoms. The van der Waals surface area contributed by atoms with Crippen LogP contribution >= 0.6 is 24.8 Å². The van der Waals surface area contributed by atoms with Gasteiger partial charge in [0, 0.05) is 69.0 Å². The van der Waals surface area contributed by atoms with Gasteiger partial charge in [-0.05, 0) is 38.1 Å². The number of nitrogens with one attached hydrogen (secondary N) is 2. The van der Waals surface area contributed by atoms with E-state index in [9.17, 15) is 9.90 Å². The molecule has 6 nitrogen and oxygen atoms in total. The Bertz CT molecular complexity index is 578. The predicted octanol–water partition coefficient (Wildman–Crippen LogP) is 1.37. The lowest BCUT2D eigenvalue weighted by Gasteiger charge is -2.38. The SMILES string of the molecule is CC(C)N1CCN(c2ccc(C(=O)NCC3CNCC3O)cc2)CC1.Cl.Cl. The van der Waals surface area contributed by atoms with Gasteiger partial charge in [0.15, 0.2) is 0 Å². The van der Waals surface area contributed by atoms with E-state index in [0.717, 1.165) is 32.7 Å². The summed E-state index contributed by atoms with van der Waals surface area (Å²) in [5.41, 5.74) is 1.85. The maximum absolute atomic E-state index is 12.3. The number of aliphatic hydroxyl groups is 1. The Kier molecular flexibility index (Phi) is 9.84. The molecular weight excluding hydrogens is 387 g/mol. The molecule has 2 atom stereocenters. The first-order valence-corrected chi connectivity index (χ1v) is 9.30. The van der Waals surface area contributed by atoms with Crippen LogP contribution in [-0.4, -0.2) is 73.9 Å². The summed E-state index contributed by atoms with van der Waals surface area (Å²) in [6.45, 7) is 10.6. The van der Waals surface area contributed by atoms with E-state index in [4.69, 9.17) is 0 Å². The molecule has 1 amide bonds. The van der Waals surface area contributed by atoms with Crippen molar-refractivity contribution in [1.82, 2.24) is 15.5 Å². The molecule has 0 aromatic heterocycles. The highest BCUT2D eigenvalue weighted by atomic mass is 35.5. The molecule has 154 valence electrons. The zero-order valence-electron chi connectivity index (χ0n) is 16.1. The molecule has 2 fully saturated rings. The minimum atomic E-state index is -0.368. The monoisotopic (exact) mass is 418 g/mol. The molecule has 8 heteroatoms. The number of hydrogen-bond acceptors (Lipinski definition) is 5. The van der Waals surface area contributed by atoms with Crippen molar-refractivity contribution < 1.29 is 9.90 Å². The Morgan fingerprint density at radius 3 is 2.30 bits per heavy atom. The van der Waals surface area contributed by atoms with Crippen molar-refractivity contribution in [2.24, 2.45) is 5.92 Å². The quantitative estimate of drug-likeness (QED) is 0.673. The van der Waals surface area contributed by atoms with Gasteiger partial charge < -0.3 is 20.6 Å². The molecule has 2 heterocycles. The van der Waals surface area contributed by atoms with Gasteiger partial charge in [-0.15, -0.1) is 24.8 Å². The van der Waals surface area contributed by atoms with Crippen molar-refractivity contribution >= 4 is 36.4 Å². The summed E-state index contributed by atoms with van der Waals surface area (Å²) in [5, 5.41) is 15.8. The van der Waals surface area contributed by atoms with Crippen LogP contribution in [0.25, 0.3) is 0 Å². The lowest BCUT2D eigenvalue weighted by atomic mass is 10.1. The molecule has 0 aliphatic carbocycles. The molecular formula is C19H32Cl2N4O2. The summed E-state index contributed by atoms with van der Waals surface area (Å²) < 4.78 is 0. The van der Waals surface area contributed by atoms with Gasteiger partial charge in [-0.1, -0.05) is 0 Å². The highest BCUT2D eigenvalue weighted by molar-refractivity contribution is 5.94. The molecule has 0 radical (unpaired) electrons. The standard InChI is InChI=1S/C19H30N4O2.2ClH/c1-14(2)22-7-9-23(10-8-22)17-5-3-15(4-6-17)19(25)21-12-16-11-20-13-18(16)24;;/h3-6,14,16,18,20,24H,7-13H2,1-2H3,(H,21,25);2*1H. The fourth-order valence-corrected chi connectivity index (χ4v) is 3.57. The zero-order valence-corrected chi connectivity index (χ0v) is 17.7. The molecule has 1 aromatic carbocycles. The second-order valence-electron chi connectivity index (χ2n) is 7.36. The molecule has 2 aliphatic heterocycles. The van der Waals surface area contributed by atoms with Crippen LogP contribution in [0.5, 0.6) is 0 Å². The van der Waals surface area contributed by atoms with Gasteiger partial charge in [0.05, 0.1) is 6.10 Å². The molecule has 27 heavy (non-hydrogen) atoms. The smallest absolute Gasteiger partial charge is 0.251 e. The summed E-state index contributed by atoms with van der Waals surface area (Å²) in [6, 6.07) is 8.45. The summed E-state index contributed by atoms with van der Waals surface area (Å²) >= 11 is 0. The second-order valence-corrected chi connectivity index (χ2v) is 7.36. The van der Waals surface area contributed by atoms with Crippen molar-refractivity contribution in [1.29, 1.82) is 0 Å². The third kappa shape index (κ3) is 6.22. The Hall–Kier alpha value is -1.05.